The average Bonchev–Trinajstić information content (AvgIpc) is 2.82. The SMILES string of the molecule is Cc1c(C(=O)NC2C3CC4CC2CC(O)(C4)C3)cnn1C(C)(C)C. The lowest BCUT2D eigenvalue weighted by molar-refractivity contribution is -0.136. The number of carbonyl (C=O) groups is 1. The Morgan fingerprint density at radius 2 is 1.92 bits per heavy atom. The van der Waals surface area contributed by atoms with Gasteiger partial charge in [0, 0.05) is 11.7 Å². The largest absolute Gasteiger partial charge is 0.390 e. The first-order valence-electron chi connectivity index (χ1n) is 9.25. The van der Waals surface area contributed by atoms with Gasteiger partial charge in [0.2, 0.25) is 0 Å². The fourth-order valence-corrected chi connectivity index (χ4v) is 5.76. The molecule has 1 aromatic heterocycles. The summed E-state index contributed by atoms with van der Waals surface area (Å²) in [5, 5.41) is 18.4. The summed E-state index contributed by atoms with van der Waals surface area (Å²) >= 11 is 0. The number of nitrogens with one attached hydrogen (secondary N) is 1. The van der Waals surface area contributed by atoms with Crippen LogP contribution in [-0.4, -0.2) is 32.4 Å². The molecule has 132 valence electrons. The molecule has 4 aliphatic carbocycles. The number of nitrogens with zero attached hydrogens (tertiary/aromatic N) is 2. The van der Waals surface area contributed by atoms with E-state index in [1.54, 1.807) is 6.20 Å². The van der Waals surface area contributed by atoms with Crippen molar-refractivity contribution in [3.8, 4) is 0 Å². The maximum atomic E-state index is 12.9. The van der Waals surface area contributed by atoms with E-state index in [4.69, 9.17) is 0 Å². The lowest BCUT2D eigenvalue weighted by Gasteiger charge is -2.58. The lowest BCUT2D eigenvalue weighted by atomic mass is 9.52. The summed E-state index contributed by atoms with van der Waals surface area (Å²) in [7, 11) is 0. The molecule has 5 heteroatoms. The van der Waals surface area contributed by atoms with Gasteiger partial charge in [0.15, 0.2) is 0 Å². The van der Waals surface area contributed by atoms with Crippen molar-refractivity contribution in [3.05, 3.63) is 17.5 Å². The number of hydrogen-bond acceptors (Lipinski definition) is 3. The summed E-state index contributed by atoms with van der Waals surface area (Å²) in [6, 6.07) is 0.215. The standard InChI is InChI=1S/C19H29N3O2/c1-11-15(10-20-22(11)18(2,3)4)17(23)21-16-13-5-12-6-14(16)9-19(24,7-12)8-13/h10,12-14,16,24H,5-9H2,1-4H3,(H,21,23). The molecule has 4 bridgehead atoms. The van der Waals surface area contributed by atoms with E-state index in [2.05, 4.69) is 31.2 Å². The first-order chi connectivity index (χ1) is 11.2. The van der Waals surface area contributed by atoms with Crippen molar-refractivity contribution in [2.45, 2.75) is 77.0 Å². The van der Waals surface area contributed by atoms with E-state index in [9.17, 15) is 9.90 Å². The van der Waals surface area contributed by atoms with Gasteiger partial charge in [0.05, 0.1) is 22.9 Å². The number of carbonyl (C=O) groups excluding carboxylic acids is 1. The van der Waals surface area contributed by atoms with Crippen LogP contribution in [-0.2, 0) is 5.54 Å². The summed E-state index contributed by atoms with van der Waals surface area (Å²) in [4.78, 5) is 12.9. The van der Waals surface area contributed by atoms with E-state index in [1.165, 1.54) is 0 Å². The van der Waals surface area contributed by atoms with E-state index in [0.717, 1.165) is 37.8 Å². The van der Waals surface area contributed by atoms with Crippen LogP contribution in [0.3, 0.4) is 0 Å². The van der Waals surface area contributed by atoms with Crippen LogP contribution >= 0.6 is 0 Å². The Hall–Kier alpha value is -1.36. The Labute approximate surface area is 143 Å². The van der Waals surface area contributed by atoms with Crippen LogP contribution in [0.2, 0.25) is 0 Å². The minimum Gasteiger partial charge on any atom is -0.390 e. The Balaban J connectivity index is 1.52. The molecule has 0 saturated heterocycles. The Morgan fingerprint density at radius 1 is 1.29 bits per heavy atom. The van der Waals surface area contributed by atoms with Crippen LogP contribution in [0.5, 0.6) is 0 Å². The van der Waals surface area contributed by atoms with Crippen molar-refractivity contribution in [1.82, 2.24) is 15.1 Å². The molecule has 2 atom stereocenters. The molecule has 4 fully saturated rings. The van der Waals surface area contributed by atoms with Crippen LogP contribution in [0.25, 0.3) is 0 Å². The summed E-state index contributed by atoms with van der Waals surface area (Å²) in [6.07, 6.45) is 6.68. The van der Waals surface area contributed by atoms with Crippen molar-refractivity contribution >= 4 is 5.91 Å². The van der Waals surface area contributed by atoms with Gasteiger partial charge in [-0.2, -0.15) is 5.10 Å². The molecule has 1 heterocycles. The van der Waals surface area contributed by atoms with Crippen molar-refractivity contribution in [2.75, 3.05) is 0 Å². The molecule has 4 saturated carbocycles. The van der Waals surface area contributed by atoms with Crippen LogP contribution in [0.1, 0.15) is 68.9 Å². The highest BCUT2D eigenvalue weighted by Gasteiger charge is 2.55. The van der Waals surface area contributed by atoms with Crippen LogP contribution in [0.4, 0.5) is 0 Å². The Bertz CT molecular complexity index is 657. The maximum absolute atomic E-state index is 12.9. The molecule has 0 aromatic carbocycles. The Morgan fingerprint density at radius 3 is 2.42 bits per heavy atom. The molecule has 1 aromatic rings. The number of rotatable bonds is 2. The second-order valence-electron chi connectivity index (χ2n) is 9.42. The summed E-state index contributed by atoms with van der Waals surface area (Å²) in [6.45, 7) is 8.24. The van der Waals surface area contributed by atoms with Gasteiger partial charge in [0.25, 0.3) is 5.91 Å². The molecule has 2 N–H and O–H groups in total. The van der Waals surface area contributed by atoms with E-state index >= 15 is 0 Å². The Kier molecular flexibility index (Phi) is 3.41. The fraction of sp³-hybridized carbons (Fsp3) is 0.789. The molecular formula is C19H29N3O2. The number of aromatic nitrogens is 2. The lowest BCUT2D eigenvalue weighted by Crippen LogP contribution is -2.61. The molecule has 0 spiro atoms. The highest BCUT2D eigenvalue weighted by molar-refractivity contribution is 5.95. The van der Waals surface area contributed by atoms with E-state index in [1.807, 2.05) is 11.6 Å². The summed E-state index contributed by atoms with van der Waals surface area (Å²) < 4.78 is 1.92. The zero-order chi connectivity index (χ0) is 17.3. The van der Waals surface area contributed by atoms with Crippen LogP contribution in [0.15, 0.2) is 6.20 Å². The zero-order valence-corrected chi connectivity index (χ0v) is 15.2. The van der Waals surface area contributed by atoms with Crippen molar-refractivity contribution in [3.63, 3.8) is 0 Å². The molecule has 0 aliphatic heterocycles. The minimum atomic E-state index is -0.454. The molecule has 1 amide bonds. The summed E-state index contributed by atoms with van der Waals surface area (Å²) in [5.41, 5.74) is 1.01. The van der Waals surface area contributed by atoms with Crippen LogP contribution in [0, 0.1) is 24.7 Å². The van der Waals surface area contributed by atoms with Gasteiger partial charge in [-0.15, -0.1) is 0 Å². The number of hydrogen-bond donors (Lipinski definition) is 2. The summed E-state index contributed by atoms with van der Waals surface area (Å²) in [5.74, 6) is 1.52. The molecular weight excluding hydrogens is 302 g/mol. The third-order valence-corrected chi connectivity index (χ3v) is 6.43. The van der Waals surface area contributed by atoms with Gasteiger partial charge < -0.3 is 10.4 Å². The van der Waals surface area contributed by atoms with Gasteiger partial charge in [-0.3, -0.25) is 9.48 Å². The molecule has 0 radical (unpaired) electrons. The van der Waals surface area contributed by atoms with Gasteiger partial charge in [0.1, 0.15) is 0 Å². The first-order valence-corrected chi connectivity index (χ1v) is 9.25. The van der Waals surface area contributed by atoms with Crippen LogP contribution < -0.4 is 5.32 Å². The van der Waals surface area contributed by atoms with E-state index < -0.39 is 5.60 Å². The van der Waals surface area contributed by atoms with Gasteiger partial charge in [-0.25, -0.2) is 0 Å². The predicted molar refractivity (Wildman–Crippen MR) is 91.7 cm³/mol. The highest BCUT2D eigenvalue weighted by Crippen LogP contribution is 2.55. The average molecular weight is 331 g/mol. The molecule has 4 aliphatic rings. The van der Waals surface area contributed by atoms with E-state index in [-0.39, 0.29) is 17.5 Å². The topological polar surface area (TPSA) is 67.2 Å². The third-order valence-electron chi connectivity index (χ3n) is 6.43. The van der Waals surface area contributed by atoms with Gasteiger partial charge >= 0.3 is 0 Å². The number of amides is 1. The molecule has 24 heavy (non-hydrogen) atoms. The molecule has 2 unspecified atom stereocenters. The second-order valence-corrected chi connectivity index (χ2v) is 9.42. The zero-order valence-electron chi connectivity index (χ0n) is 15.2. The second kappa shape index (κ2) is 5.07. The van der Waals surface area contributed by atoms with Gasteiger partial charge in [-0.1, -0.05) is 0 Å². The van der Waals surface area contributed by atoms with Gasteiger partial charge in [-0.05, 0) is 77.6 Å². The smallest absolute Gasteiger partial charge is 0.254 e. The maximum Gasteiger partial charge on any atom is 0.254 e. The van der Waals surface area contributed by atoms with Crippen molar-refractivity contribution in [1.29, 1.82) is 0 Å². The molecule has 5 nitrogen and oxygen atoms in total. The monoisotopic (exact) mass is 331 g/mol. The predicted octanol–water partition coefficient (Wildman–Crippen LogP) is 2.62. The van der Waals surface area contributed by atoms with Crippen molar-refractivity contribution < 1.29 is 9.90 Å². The molecule has 5 rings (SSSR count). The van der Waals surface area contributed by atoms with E-state index in [0.29, 0.717) is 23.3 Å². The third kappa shape index (κ3) is 2.48. The quantitative estimate of drug-likeness (QED) is 0.875. The number of aliphatic hydroxyl groups is 1. The minimum absolute atomic E-state index is 0.00698. The normalized spacial score (nSPS) is 37.7. The fourth-order valence-electron chi connectivity index (χ4n) is 5.76. The first kappa shape index (κ1) is 16.1. The van der Waals surface area contributed by atoms with Crippen molar-refractivity contribution in [2.24, 2.45) is 17.8 Å². The highest BCUT2D eigenvalue weighted by atomic mass is 16.3.